The zero-order valence-electron chi connectivity index (χ0n) is 16.7. The van der Waals surface area contributed by atoms with Crippen LogP contribution in [0.2, 0.25) is 0 Å². The summed E-state index contributed by atoms with van der Waals surface area (Å²) in [7, 11) is 0. The summed E-state index contributed by atoms with van der Waals surface area (Å²) in [6.45, 7) is 12.1. The van der Waals surface area contributed by atoms with Crippen molar-refractivity contribution in [2.24, 2.45) is 10.8 Å². The van der Waals surface area contributed by atoms with Crippen LogP contribution in [0.15, 0.2) is 60.7 Å². The van der Waals surface area contributed by atoms with E-state index in [2.05, 4.69) is 0 Å². The van der Waals surface area contributed by atoms with Gasteiger partial charge in [-0.3, -0.25) is 4.79 Å². The molecule has 2 aromatic carbocycles. The van der Waals surface area contributed by atoms with Gasteiger partial charge in [0.1, 0.15) is 11.5 Å². The summed E-state index contributed by atoms with van der Waals surface area (Å²) in [5.41, 5.74) is -0.729. The molecular formula is C23H30O3. The molecule has 0 amide bonds. The number of Topliss-reactive ketones (excluding diaryl/α,β-unsaturated/α-hetero) is 1. The van der Waals surface area contributed by atoms with Crippen LogP contribution in [0.5, 0.6) is 11.5 Å². The largest absolute Gasteiger partial charge is 0.482 e. The van der Waals surface area contributed by atoms with Gasteiger partial charge in [-0.2, -0.15) is 0 Å². The highest BCUT2D eigenvalue weighted by Gasteiger charge is 2.43. The highest BCUT2D eigenvalue weighted by molar-refractivity contribution is 5.89. The first kappa shape index (κ1) is 20.0. The Labute approximate surface area is 157 Å². The van der Waals surface area contributed by atoms with E-state index in [0.717, 1.165) is 0 Å². The first-order valence-electron chi connectivity index (χ1n) is 9.06. The number of para-hydroxylation sites is 2. The lowest BCUT2D eigenvalue weighted by Gasteiger charge is -2.37. The van der Waals surface area contributed by atoms with Crippen LogP contribution in [0, 0.1) is 10.8 Å². The van der Waals surface area contributed by atoms with Crippen LogP contribution < -0.4 is 9.47 Å². The van der Waals surface area contributed by atoms with Crippen LogP contribution in [-0.4, -0.2) is 18.0 Å². The molecule has 3 nitrogen and oxygen atoms in total. The van der Waals surface area contributed by atoms with E-state index in [1.807, 2.05) is 102 Å². The summed E-state index contributed by atoms with van der Waals surface area (Å²) in [6.07, 6.45) is -1.23. The third-order valence-corrected chi connectivity index (χ3v) is 4.08. The molecule has 0 spiro atoms. The minimum absolute atomic E-state index is 0.0438. The maximum atomic E-state index is 13.5. The first-order valence-corrected chi connectivity index (χ1v) is 9.06. The fraction of sp³-hybridized carbons (Fsp3) is 0.435. The maximum Gasteiger partial charge on any atom is 0.214 e. The smallest absolute Gasteiger partial charge is 0.214 e. The van der Waals surface area contributed by atoms with E-state index in [0.29, 0.717) is 11.5 Å². The van der Waals surface area contributed by atoms with Crippen LogP contribution in [0.1, 0.15) is 41.5 Å². The minimum Gasteiger partial charge on any atom is -0.482 e. The number of carbonyl (C=O) groups excluding carboxylic acids is 1. The van der Waals surface area contributed by atoms with E-state index in [1.165, 1.54) is 0 Å². The Hall–Kier alpha value is -2.29. The summed E-state index contributed by atoms with van der Waals surface area (Å²) >= 11 is 0. The van der Waals surface area contributed by atoms with Crippen LogP contribution in [0.4, 0.5) is 0 Å². The van der Waals surface area contributed by atoms with Gasteiger partial charge < -0.3 is 9.47 Å². The van der Waals surface area contributed by atoms with Crippen molar-refractivity contribution in [3.05, 3.63) is 60.7 Å². The van der Waals surface area contributed by atoms with Gasteiger partial charge in [-0.05, 0) is 24.3 Å². The maximum absolute atomic E-state index is 13.5. The number of benzene rings is 2. The molecule has 0 bridgehead atoms. The Bertz CT molecular complexity index is 632. The number of rotatable bonds is 6. The average Bonchev–Trinajstić information content (AvgIpc) is 2.57. The van der Waals surface area contributed by atoms with Gasteiger partial charge >= 0.3 is 0 Å². The molecule has 2 rings (SSSR count). The second kappa shape index (κ2) is 7.94. The van der Waals surface area contributed by atoms with E-state index >= 15 is 0 Å². The average molecular weight is 354 g/mol. The molecule has 0 radical (unpaired) electrons. The number of carbonyl (C=O) groups is 1. The fourth-order valence-electron chi connectivity index (χ4n) is 2.73. The lowest BCUT2D eigenvalue weighted by atomic mass is 9.78. The molecule has 0 saturated carbocycles. The molecule has 140 valence electrons. The SMILES string of the molecule is CC(C)(C)C(Oc1ccccc1)C(=O)C(Oc1ccccc1)C(C)(C)C. The molecule has 0 aliphatic heterocycles. The summed E-state index contributed by atoms with van der Waals surface area (Å²) in [4.78, 5) is 13.5. The van der Waals surface area contributed by atoms with Crippen molar-refractivity contribution in [2.45, 2.75) is 53.8 Å². The minimum atomic E-state index is -0.613. The Morgan fingerprint density at radius 2 is 0.962 bits per heavy atom. The monoisotopic (exact) mass is 354 g/mol. The molecule has 0 aliphatic rings. The quantitative estimate of drug-likeness (QED) is 0.683. The van der Waals surface area contributed by atoms with Gasteiger partial charge in [0.15, 0.2) is 12.2 Å². The Morgan fingerprint density at radius 3 is 1.23 bits per heavy atom. The first-order chi connectivity index (χ1) is 12.1. The molecule has 0 aliphatic carbocycles. The van der Waals surface area contributed by atoms with E-state index in [1.54, 1.807) is 0 Å². The summed E-state index contributed by atoms with van der Waals surface area (Å²) in [6, 6.07) is 19.0. The van der Waals surface area contributed by atoms with Gasteiger partial charge in [0.05, 0.1) is 0 Å². The summed E-state index contributed by atoms with van der Waals surface area (Å²) in [5, 5.41) is 0. The predicted octanol–water partition coefficient (Wildman–Crippen LogP) is 5.54. The van der Waals surface area contributed by atoms with E-state index in [4.69, 9.17) is 9.47 Å². The van der Waals surface area contributed by atoms with Crippen molar-refractivity contribution in [3.63, 3.8) is 0 Å². The molecule has 0 heterocycles. The van der Waals surface area contributed by atoms with Gasteiger partial charge in [0.25, 0.3) is 0 Å². The van der Waals surface area contributed by atoms with Crippen molar-refractivity contribution in [3.8, 4) is 11.5 Å². The van der Waals surface area contributed by atoms with Crippen LogP contribution in [0.25, 0.3) is 0 Å². The molecule has 0 aromatic heterocycles. The predicted molar refractivity (Wildman–Crippen MR) is 106 cm³/mol. The number of ether oxygens (including phenoxy) is 2. The van der Waals surface area contributed by atoms with Crippen molar-refractivity contribution in [1.29, 1.82) is 0 Å². The van der Waals surface area contributed by atoms with Crippen molar-refractivity contribution < 1.29 is 14.3 Å². The highest BCUT2D eigenvalue weighted by Crippen LogP contribution is 2.32. The molecule has 3 heteroatoms. The number of hydrogen-bond acceptors (Lipinski definition) is 3. The van der Waals surface area contributed by atoms with Crippen molar-refractivity contribution in [1.82, 2.24) is 0 Å². The second-order valence-corrected chi connectivity index (χ2v) is 8.76. The van der Waals surface area contributed by atoms with Crippen LogP contribution >= 0.6 is 0 Å². The van der Waals surface area contributed by atoms with E-state index in [-0.39, 0.29) is 16.6 Å². The van der Waals surface area contributed by atoms with Gasteiger partial charge in [-0.15, -0.1) is 0 Å². The van der Waals surface area contributed by atoms with E-state index < -0.39 is 12.2 Å². The molecular weight excluding hydrogens is 324 g/mol. The molecule has 0 N–H and O–H groups in total. The molecule has 2 unspecified atom stereocenters. The summed E-state index contributed by atoms with van der Waals surface area (Å²) in [5.74, 6) is 1.33. The Balaban J connectivity index is 2.32. The number of hydrogen-bond donors (Lipinski definition) is 0. The topological polar surface area (TPSA) is 35.5 Å². The molecule has 2 aromatic rings. The van der Waals surface area contributed by atoms with Gasteiger partial charge in [-0.1, -0.05) is 77.9 Å². The standard InChI is InChI=1S/C23H30O3/c1-22(2,3)20(25-17-13-9-7-10-14-17)19(24)21(23(4,5)6)26-18-15-11-8-12-16-18/h7-16,20-21H,1-6H3. The zero-order chi connectivity index (χ0) is 19.4. The molecule has 26 heavy (non-hydrogen) atoms. The third-order valence-electron chi connectivity index (χ3n) is 4.08. The molecule has 0 fully saturated rings. The lowest BCUT2D eigenvalue weighted by Crippen LogP contribution is -2.51. The van der Waals surface area contributed by atoms with Gasteiger partial charge in [-0.25, -0.2) is 0 Å². The zero-order valence-corrected chi connectivity index (χ0v) is 16.7. The van der Waals surface area contributed by atoms with Crippen molar-refractivity contribution >= 4 is 5.78 Å². The Kier molecular flexibility index (Phi) is 6.12. The third kappa shape index (κ3) is 5.35. The second-order valence-electron chi connectivity index (χ2n) is 8.76. The van der Waals surface area contributed by atoms with Gasteiger partial charge in [0, 0.05) is 10.8 Å². The van der Waals surface area contributed by atoms with Crippen LogP contribution in [-0.2, 0) is 4.79 Å². The fourth-order valence-corrected chi connectivity index (χ4v) is 2.73. The highest BCUT2D eigenvalue weighted by atomic mass is 16.5. The Morgan fingerprint density at radius 1 is 0.654 bits per heavy atom. The molecule has 0 saturated heterocycles. The number of ketones is 1. The van der Waals surface area contributed by atoms with Crippen molar-refractivity contribution in [2.75, 3.05) is 0 Å². The summed E-state index contributed by atoms with van der Waals surface area (Å²) < 4.78 is 12.2. The van der Waals surface area contributed by atoms with Gasteiger partial charge in [0.2, 0.25) is 5.78 Å². The molecule has 2 atom stereocenters. The normalized spacial score (nSPS) is 14.4. The van der Waals surface area contributed by atoms with E-state index in [9.17, 15) is 4.79 Å². The van der Waals surface area contributed by atoms with Crippen LogP contribution in [0.3, 0.4) is 0 Å². The lowest BCUT2D eigenvalue weighted by molar-refractivity contribution is -0.142.